The van der Waals surface area contributed by atoms with Crippen molar-refractivity contribution in [3.05, 3.63) is 0 Å². The standard InChI is InChI=1S/C20H28O14/c1-8(21)29-13-6-27-19(26)17(32-11(4)24)15(13)34-20-18(33-12(5)25)16(31-10(3)23)14(7-28-20)30-9(2)22/h13-20,26H,6-7H2,1-5H3/t13-,14-,15+,16+,17-,18-,19-,20+/m1/s1. The zero-order chi connectivity index (χ0) is 25.6. The highest BCUT2D eigenvalue weighted by Gasteiger charge is 2.52. The molecule has 8 atom stereocenters. The quantitative estimate of drug-likeness (QED) is 0.328. The molecule has 0 radical (unpaired) electrons. The van der Waals surface area contributed by atoms with Gasteiger partial charge in [-0.15, -0.1) is 0 Å². The summed E-state index contributed by atoms with van der Waals surface area (Å²) in [4.78, 5) is 58.2. The fourth-order valence-electron chi connectivity index (χ4n) is 3.53. The van der Waals surface area contributed by atoms with Gasteiger partial charge in [-0.25, -0.2) is 0 Å². The number of hydrogen-bond acceptors (Lipinski definition) is 14. The Morgan fingerprint density at radius 1 is 0.588 bits per heavy atom. The summed E-state index contributed by atoms with van der Waals surface area (Å²) in [5.41, 5.74) is 0. The molecule has 34 heavy (non-hydrogen) atoms. The first-order valence-corrected chi connectivity index (χ1v) is 10.3. The number of aliphatic hydroxyl groups is 1. The van der Waals surface area contributed by atoms with E-state index < -0.39 is 79.1 Å². The number of rotatable bonds is 7. The van der Waals surface area contributed by atoms with Gasteiger partial charge >= 0.3 is 29.8 Å². The topological polar surface area (TPSA) is 179 Å². The van der Waals surface area contributed by atoms with Crippen LogP contribution in [-0.4, -0.2) is 97.4 Å². The molecule has 14 nitrogen and oxygen atoms in total. The van der Waals surface area contributed by atoms with Crippen LogP contribution in [0, 0.1) is 0 Å². The van der Waals surface area contributed by atoms with Crippen LogP contribution in [0.4, 0.5) is 0 Å². The monoisotopic (exact) mass is 492 g/mol. The minimum atomic E-state index is -1.64. The Kier molecular flexibility index (Phi) is 9.73. The molecule has 0 unspecified atom stereocenters. The molecular weight excluding hydrogens is 464 g/mol. The third kappa shape index (κ3) is 7.62. The smallest absolute Gasteiger partial charge is 0.303 e. The molecule has 0 aromatic rings. The molecule has 2 aliphatic heterocycles. The van der Waals surface area contributed by atoms with Gasteiger partial charge in [-0.1, -0.05) is 0 Å². The van der Waals surface area contributed by atoms with E-state index in [2.05, 4.69) is 0 Å². The Morgan fingerprint density at radius 3 is 1.50 bits per heavy atom. The third-order valence-corrected chi connectivity index (χ3v) is 4.62. The van der Waals surface area contributed by atoms with Gasteiger partial charge in [0, 0.05) is 34.6 Å². The van der Waals surface area contributed by atoms with Gasteiger partial charge in [0.15, 0.2) is 43.1 Å². The average Bonchev–Trinajstić information content (AvgIpc) is 2.69. The predicted molar refractivity (Wildman–Crippen MR) is 104 cm³/mol. The fourth-order valence-corrected chi connectivity index (χ4v) is 3.53. The lowest BCUT2D eigenvalue weighted by molar-refractivity contribution is -0.333. The molecule has 2 aliphatic rings. The summed E-state index contributed by atoms with van der Waals surface area (Å²) in [5.74, 6) is -3.78. The van der Waals surface area contributed by atoms with Crippen LogP contribution in [0.1, 0.15) is 34.6 Å². The number of aliphatic hydroxyl groups excluding tert-OH is 1. The van der Waals surface area contributed by atoms with Crippen molar-refractivity contribution in [1.29, 1.82) is 0 Å². The SMILES string of the molecule is CC(=O)O[C@@H]1[C@@H](O[C@@H]2OC[C@@H](OC(C)=O)[C@H](OC(C)=O)[C@H]2OC(C)=O)[C@H](OC(C)=O)CO[C@H]1O. The Balaban J connectivity index is 2.39. The molecule has 0 bridgehead atoms. The van der Waals surface area contributed by atoms with Gasteiger partial charge in [-0.05, 0) is 0 Å². The molecule has 0 aromatic carbocycles. The zero-order valence-corrected chi connectivity index (χ0v) is 19.3. The highest BCUT2D eigenvalue weighted by Crippen LogP contribution is 2.30. The molecule has 2 heterocycles. The maximum atomic E-state index is 11.8. The van der Waals surface area contributed by atoms with E-state index in [1.165, 1.54) is 0 Å². The predicted octanol–water partition coefficient (Wildman–Crippen LogP) is -1.26. The second-order valence-electron chi connectivity index (χ2n) is 7.54. The summed E-state index contributed by atoms with van der Waals surface area (Å²) in [6, 6.07) is 0. The highest BCUT2D eigenvalue weighted by atomic mass is 16.7. The lowest BCUT2D eigenvalue weighted by atomic mass is 10.0. The Morgan fingerprint density at radius 2 is 1.00 bits per heavy atom. The summed E-state index contributed by atoms with van der Waals surface area (Å²) in [6.45, 7) is 4.87. The largest absolute Gasteiger partial charge is 0.457 e. The molecule has 0 aliphatic carbocycles. The Hall–Kier alpha value is -2.81. The van der Waals surface area contributed by atoms with Gasteiger partial charge in [0.25, 0.3) is 0 Å². The number of ether oxygens (including phenoxy) is 8. The molecule has 0 amide bonds. The van der Waals surface area contributed by atoms with Crippen molar-refractivity contribution in [2.75, 3.05) is 13.2 Å². The first kappa shape index (κ1) is 27.4. The van der Waals surface area contributed by atoms with Crippen LogP contribution in [-0.2, 0) is 61.9 Å². The molecule has 0 spiro atoms. The third-order valence-electron chi connectivity index (χ3n) is 4.62. The van der Waals surface area contributed by atoms with E-state index in [1.54, 1.807) is 0 Å². The van der Waals surface area contributed by atoms with Crippen molar-refractivity contribution < 1.29 is 67.0 Å². The van der Waals surface area contributed by atoms with Crippen LogP contribution in [0.25, 0.3) is 0 Å². The van der Waals surface area contributed by atoms with Crippen molar-refractivity contribution in [2.24, 2.45) is 0 Å². The van der Waals surface area contributed by atoms with E-state index in [0.717, 1.165) is 34.6 Å². The number of carbonyl (C=O) groups is 5. The summed E-state index contributed by atoms with van der Waals surface area (Å²) in [5, 5.41) is 10.2. The molecule has 14 heteroatoms. The summed E-state index contributed by atoms with van der Waals surface area (Å²) >= 11 is 0. The molecule has 0 saturated carbocycles. The van der Waals surface area contributed by atoms with Crippen LogP contribution in [0.5, 0.6) is 0 Å². The van der Waals surface area contributed by atoms with Crippen molar-refractivity contribution >= 4 is 29.8 Å². The van der Waals surface area contributed by atoms with Crippen molar-refractivity contribution in [2.45, 2.75) is 83.8 Å². The van der Waals surface area contributed by atoms with E-state index in [0.29, 0.717) is 0 Å². The van der Waals surface area contributed by atoms with Crippen LogP contribution < -0.4 is 0 Å². The highest BCUT2D eigenvalue weighted by molar-refractivity contribution is 5.68. The molecule has 2 fully saturated rings. The number of esters is 5. The van der Waals surface area contributed by atoms with E-state index in [-0.39, 0.29) is 13.2 Å². The van der Waals surface area contributed by atoms with E-state index in [9.17, 15) is 29.1 Å². The van der Waals surface area contributed by atoms with Crippen molar-refractivity contribution in [3.8, 4) is 0 Å². The normalized spacial score (nSPS) is 33.2. The van der Waals surface area contributed by atoms with Crippen LogP contribution >= 0.6 is 0 Å². The average molecular weight is 492 g/mol. The number of hydrogen-bond donors (Lipinski definition) is 1. The summed E-state index contributed by atoms with van der Waals surface area (Å²) in [6.07, 6.45) is -11.0. The van der Waals surface area contributed by atoms with E-state index in [4.69, 9.17) is 37.9 Å². The van der Waals surface area contributed by atoms with Crippen LogP contribution in [0.2, 0.25) is 0 Å². The van der Waals surface area contributed by atoms with Gasteiger partial charge in [0.2, 0.25) is 0 Å². The van der Waals surface area contributed by atoms with E-state index >= 15 is 0 Å². The summed E-state index contributed by atoms with van der Waals surface area (Å²) in [7, 11) is 0. The molecule has 2 saturated heterocycles. The van der Waals surface area contributed by atoms with Gasteiger partial charge in [-0.2, -0.15) is 0 Å². The van der Waals surface area contributed by atoms with E-state index in [1.807, 2.05) is 0 Å². The Bertz CT molecular complexity index is 781. The van der Waals surface area contributed by atoms with Gasteiger partial charge in [-0.3, -0.25) is 24.0 Å². The van der Waals surface area contributed by atoms with Gasteiger partial charge < -0.3 is 43.0 Å². The first-order chi connectivity index (χ1) is 15.9. The Labute approximate surface area is 194 Å². The van der Waals surface area contributed by atoms with Crippen LogP contribution in [0.3, 0.4) is 0 Å². The van der Waals surface area contributed by atoms with Gasteiger partial charge in [0.1, 0.15) is 6.10 Å². The van der Waals surface area contributed by atoms with Crippen molar-refractivity contribution in [1.82, 2.24) is 0 Å². The second kappa shape index (κ2) is 12.1. The van der Waals surface area contributed by atoms with Crippen molar-refractivity contribution in [3.63, 3.8) is 0 Å². The maximum Gasteiger partial charge on any atom is 0.303 e. The van der Waals surface area contributed by atoms with Gasteiger partial charge in [0.05, 0.1) is 13.2 Å². The number of carbonyl (C=O) groups excluding carboxylic acids is 5. The summed E-state index contributed by atoms with van der Waals surface area (Å²) < 4.78 is 42.5. The maximum absolute atomic E-state index is 11.8. The fraction of sp³-hybridized carbons (Fsp3) is 0.750. The second-order valence-corrected chi connectivity index (χ2v) is 7.54. The lowest BCUT2D eigenvalue weighted by Gasteiger charge is -2.44. The molecule has 192 valence electrons. The molecular formula is C20H28O14. The van der Waals surface area contributed by atoms with Crippen LogP contribution in [0.15, 0.2) is 0 Å². The molecule has 1 N–H and O–H groups in total. The minimum Gasteiger partial charge on any atom is -0.457 e. The first-order valence-electron chi connectivity index (χ1n) is 10.3. The lowest BCUT2D eigenvalue weighted by Crippen LogP contribution is -2.63. The minimum absolute atomic E-state index is 0.322. The zero-order valence-electron chi connectivity index (χ0n) is 19.3. The molecule has 2 rings (SSSR count). The molecule has 0 aromatic heterocycles.